The Hall–Kier alpha value is -0.120. The highest BCUT2D eigenvalue weighted by Gasteiger charge is 2.37. The lowest BCUT2D eigenvalue weighted by Crippen LogP contribution is -2.49. The molecular formula is C16H32N2O. The van der Waals surface area contributed by atoms with E-state index in [0.717, 1.165) is 38.1 Å². The molecule has 2 aliphatic heterocycles. The minimum absolute atomic E-state index is 0.160. The molecule has 0 aromatic carbocycles. The number of rotatable bonds is 4. The lowest BCUT2D eigenvalue weighted by molar-refractivity contribution is -0.109. The molecule has 2 fully saturated rings. The first-order valence-corrected chi connectivity index (χ1v) is 8.34. The van der Waals surface area contributed by atoms with Crippen LogP contribution in [0.2, 0.25) is 0 Å². The van der Waals surface area contributed by atoms with Gasteiger partial charge in [0.1, 0.15) is 0 Å². The van der Waals surface area contributed by atoms with E-state index in [4.69, 9.17) is 4.74 Å². The third-order valence-electron chi connectivity index (χ3n) is 5.36. The Morgan fingerprint density at radius 2 is 1.95 bits per heavy atom. The maximum absolute atomic E-state index is 6.12. The van der Waals surface area contributed by atoms with Gasteiger partial charge < -0.3 is 10.1 Å². The predicted molar refractivity (Wildman–Crippen MR) is 80.6 cm³/mol. The van der Waals surface area contributed by atoms with Crippen molar-refractivity contribution in [3.8, 4) is 0 Å². The molecule has 2 rings (SSSR count). The second-order valence-electron chi connectivity index (χ2n) is 6.27. The number of nitrogens with zero attached hydrogens (tertiary/aromatic N) is 1. The number of hydrogen-bond acceptors (Lipinski definition) is 3. The first-order chi connectivity index (χ1) is 9.23. The predicted octanol–water partition coefficient (Wildman–Crippen LogP) is 2.80. The van der Waals surface area contributed by atoms with Crippen LogP contribution in [0.15, 0.2) is 0 Å². The van der Waals surface area contributed by atoms with Gasteiger partial charge in [0.05, 0.1) is 5.60 Å². The quantitative estimate of drug-likeness (QED) is 0.848. The largest absolute Gasteiger partial charge is 0.375 e. The van der Waals surface area contributed by atoms with Crippen LogP contribution in [0.5, 0.6) is 0 Å². The molecule has 3 heteroatoms. The Bertz CT molecular complexity index is 265. The molecule has 0 bridgehead atoms. The highest BCUT2D eigenvalue weighted by Crippen LogP contribution is 2.33. The molecule has 0 amide bonds. The van der Waals surface area contributed by atoms with Crippen LogP contribution in [0.4, 0.5) is 0 Å². The Labute approximate surface area is 119 Å². The fraction of sp³-hybridized carbons (Fsp3) is 1.00. The first-order valence-electron chi connectivity index (χ1n) is 8.34. The maximum Gasteiger partial charge on any atom is 0.0692 e. The molecule has 0 spiro atoms. The molecule has 3 nitrogen and oxygen atoms in total. The van der Waals surface area contributed by atoms with Gasteiger partial charge in [-0.3, -0.25) is 4.90 Å². The van der Waals surface area contributed by atoms with Crippen LogP contribution in [0, 0.1) is 0 Å². The van der Waals surface area contributed by atoms with Crippen LogP contribution in [0.3, 0.4) is 0 Å². The Morgan fingerprint density at radius 3 is 2.63 bits per heavy atom. The summed E-state index contributed by atoms with van der Waals surface area (Å²) >= 11 is 0. The zero-order chi connectivity index (χ0) is 13.7. The normalized spacial score (nSPS) is 33.0. The van der Waals surface area contributed by atoms with Crippen LogP contribution in [0.25, 0.3) is 0 Å². The highest BCUT2D eigenvalue weighted by molar-refractivity contribution is 4.90. The molecule has 0 aromatic rings. The van der Waals surface area contributed by atoms with Crippen molar-refractivity contribution in [3.05, 3.63) is 0 Å². The minimum atomic E-state index is 0.160. The van der Waals surface area contributed by atoms with Gasteiger partial charge in [-0.1, -0.05) is 20.8 Å². The van der Waals surface area contributed by atoms with Crippen molar-refractivity contribution in [1.29, 1.82) is 0 Å². The molecule has 0 radical (unpaired) electrons. The average molecular weight is 268 g/mol. The van der Waals surface area contributed by atoms with E-state index in [-0.39, 0.29) is 5.60 Å². The zero-order valence-electron chi connectivity index (χ0n) is 13.1. The van der Waals surface area contributed by atoms with E-state index in [1.165, 1.54) is 38.8 Å². The second-order valence-corrected chi connectivity index (χ2v) is 6.27. The Kier molecular flexibility index (Phi) is 5.67. The summed E-state index contributed by atoms with van der Waals surface area (Å²) in [5.41, 5.74) is 0.160. The molecule has 19 heavy (non-hydrogen) atoms. The molecule has 2 heterocycles. The van der Waals surface area contributed by atoms with Crippen molar-refractivity contribution >= 4 is 0 Å². The monoisotopic (exact) mass is 268 g/mol. The fourth-order valence-corrected chi connectivity index (χ4v) is 3.72. The van der Waals surface area contributed by atoms with Gasteiger partial charge >= 0.3 is 0 Å². The summed E-state index contributed by atoms with van der Waals surface area (Å²) in [6, 6.07) is 1.47. The highest BCUT2D eigenvalue weighted by atomic mass is 16.5. The van der Waals surface area contributed by atoms with Crippen molar-refractivity contribution in [2.75, 3.05) is 26.2 Å². The minimum Gasteiger partial charge on any atom is -0.375 e. The zero-order valence-corrected chi connectivity index (χ0v) is 13.1. The third-order valence-corrected chi connectivity index (χ3v) is 5.36. The van der Waals surface area contributed by atoms with E-state index in [1.807, 2.05) is 0 Å². The van der Waals surface area contributed by atoms with Gasteiger partial charge in [0.25, 0.3) is 0 Å². The Morgan fingerprint density at radius 1 is 1.16 bits per heavy atom. The topological polar surface area (TPSA) is 24.5 Å². The van der Waals surface area contributed by atoms with Gasteiger partial charge in [-0.05, 0) is 45.1 Å². The molecule has 0 saturated carbocycles. The Balaban J connectivity index is 1.93. The summed E-state index contributed by atoms with van der Waals surface area (Å²) in [6.45, 7) is 11.4. The SMILES string of the molecule is CCC1CCN(C2CCOC(CC)(CC)C2)CCN1. The van der Waals surface area contributed by atoms with E-state index in [1.54, 1.807) is 0 Å². The van der Waals surface area contributed by atoms with E-state index in [2.05, 4.69) is 31.0 Å². The fourth-order valence-electron chi connectivity index (χ4n) is 3.72. The van der Waals surface area contributed by atoms with Crippen LogP contribution in [-0.4, -0.2) is 48.8 Å². The van der Waals surface area contributed by atoms with Gasteiger partial charge in [0.2, 0.25) is 0 Å². The average Bonchev–Trinajstić information content (AvgIpc) is 2.72. The molecule has 2 aliphatic rings. The third kappa shape index (κ3) is 3.71. The first kappa shape index (κ1) is 15.3. The van der Waals surface area contributed by atoms with E-state index >= 15 is 0 Å². The maximum atomic E-state index is 6.12. The molecule has 1 N–H and O–H groups in total. The van der Waals surface area contributed by atoms with E-state index in [0.29, 0.717) is 0 Å². The van der Waals surface area contributed by atoms with Crippen molar-refractivity contribution in [1.82, 2.24) is 10.2 Å². The molecule has 112 valence electrons. The standard InChI is InChI=1S/C16H32N2O/c1-4-14-7-10-18(11-9-17-14)15-8-12-19-16(5-2,6-3)13-15/h14-15,17H,4-13H2,1-3H3. The number of ether oxygens (including phenoxy) is 1. The molecule has 0 aliphatic carbocycles. The van der Waals surface area contributed by atoms with Crippen LogP contribution < -0.4 is 5.32 Å². The summed E-state index contributed by atoms with van der Waals surface area (Å²) < 4.78 is 6.12. The summed E-state index contributed by atoms with van der Waals surface area (Å²) in [5.74, 6) is 0. The van der Waals surface area contributed by atoms with Crippen molar-refractivity contribution in [2.24, 2.45) is 0 Å². The number of hydrogen-bond donors (Lipinski definition) is 1. The van der Waals surface area contributed by atoms with Crippen LogP contribution >= 0.6 is 0 Å². The van der Waals surface area contributed by atoms with Gasteiger partial charge in [-0.15, -0.1) is 0 Å². The second kappa shape index (κ2) is 7.05. The lowest BCUT2D eigenvalue weighted by Gasteiger charge is -2.44. The summed E-state index contributed by atoms with van der Waals surface area (Å²) in [4.78, 5) is 2.73. The van der Waals surface area contributed by atoms with E-state index < -0.39 is 0 Å². The van der Waals surface area contributed by atoms with Crippen LogP contribution in [0.1, 0.15) is 59.3 Å². The summed E-state index contributed by atoms with van der Waals surface area (Å²) in [7, 11) is 0. The van der Waals surface area contributed by atoms with Gasteiger partial charge in [-0.25, -0.2) is 0 Å². The number of nitrogens with one attached hydrogen (secondary N) is 1. The van der Waals surface area contributed by atoms with Crippen molar-refractivity contribution in [3.63, 3.8) is 0 Å². The summed E-state index contributed by atoms with van der Waals surface area (Å²) in [6.07, 6.45) is 7.33. The van der Waals surface area contributed by atoms with E-state index in [9.17, 15) is 0 Å². The van der Waals surface area contributed by atoms with Crippen molar-refractivity contribution < 1.29 is 4.74 Å². The van der Waals surface area contributed by atoms with Gasteiger partial charge in [0.15, 0.2) is 0 Å². The van der Waals surface area contributed by atoms with Crippen LogP contribution in [-0.2, 0) is 4.74 Å². The molecular weight excluding hydrogens is 236 g/mol. The summed E-state index contributed by atoms with van der Waals surface area (Å²) in [5, 5.41) is 3.68. The smallest absolute Gasteiger partial charge is 0.0692 e. The lowest BCUT2D eigenvalue weighted by atomic mass is 9.85. The van der Waals surface area contributed by atoms with Crippen molar-refractivity contribution in [2.45, 2.75) is 77.0 Å². The van der Waals surface area contributed by atoms with Gasteiger partial charge in [-0.2, -0.15) is 0 Å². The molecule has 2 atom stereocenters. The molecule has 2 unspecified atom stereocenters. The molecule has 0 aromatic heterocycles. The van der Waals surface area contributed by atoms with Gasteiger partial charge in [0, 0.05) is 31.8 Å². The molecule has 2 saturated heterocycles.